The molecule has 0 spiro atoms. The summed E-state index contributed by atoms with van der Waals surface area (Å²) in [6.07, 6.45) is 1.44. The Kier molecular flexibility index (Phi) is 4.37. The highest BCUT2D eigenvalue weighted by molar-refractivity contribution is 5.77. The van der Waals surface area contributed by atoms with Crippen LogP contribution in [-0.4, -0.2) is 41.2 Å². The molecule has 1 atom stereocenters. The molecule has 1 aromatic heterocycles. The van der Waals surface area contributed by atoms with Gasteiger partial charge in [-0.05, 0) is 19.1 Å². The molecule has 21 heavy (non-hydrogen) atoms. The Labute approximate surface area is 123 Å². The fraction of sp³-hybridized carbons (Fsp3) is 0.267. The molecule has 1 unspecified atom stereocenters. The molecule has 0 aliphatic heterocycles. The minimum atomic E-state index is -0.894. The lowest BCUT2D eigenvalue weighted by atomic mass is 10.3. The fourth-order valence-corrected chi connectivity index (χ4v) is 1.86. The maximum absolute atomic E-state index is 11.1. The highest BCUT2D eigenvalue weighted by Gasteiger charge is 2.19. The molecule has 2 rings (SSSR count). The molecule has 110 valence electrons. The van der Waals surface area contributed by atoms with Crippen molar-refractivity contribution in [3.05, 3.63) is 42.7 Å². The molecular formula is C15H18N4O2. The van der Waals surface area contributed by atoms with E-state index < -0.39 is 12.0 Å². The zero-order valence-electron chi connectivity index (χ0n) is 12.3. The number of rotatable bonds is 5. The van der Waals surface area contributed by atoms with Gasteiger partial charge in [0, 0.05) is 25.8 Å². The van der Waals surface area contributed by atoms with Gasteiger partial charge in [-0.15, -0.1) is 0 Å². The monoisotopic (exact) mass is 286 g/mol. The van der Waals surface area contributed by atoms with Crippen molar-refractivity contribution in [1.29, 1.82) is 0 Å². The van der Waals surface area contributed by atoms with Crippen molar-refractivity contribution < 1.29 is 9.90 Å². The zero-order chi connectivity index (χ0) is 15.4. The van der Waals surface area contributed by atoms with E-state index in [-0.39, 0.29) is 0 Å². The fourth-order valence-electron chi connectivity index (χ4n) is 1.86. The van der Waals surface area contributed by atoms with Gasteiger partial charge in [0.1, 0.15) is 24.0 Å². The molecular weight excluding hydrogens is 268 g/mol. The second-order valence-corrected chi connectivity index (χ2v) is 4.75. The lowest BCUT2D eigenvalue weighted by molar-refractivity contribution is -0.138. The Hall–Kier alpha value is -2.63. The van der Waals surface area contributed by atoms with E-state index in [0.717, 1.165) is 5.69 Å². The first-order valence-electron chi connectivity index (χ1n) is 6.57. The Morgan fingerprint density at radius 2 is 1.76 bits per heavy atom. The molecule has 6 heteroatoms. The average Bonchev–Trinajstić information content (AvgIpc) is 2.53. The highest BCUT2D eigenvalue weighted by Crippen LogP contribution is 2.23. The summed E-state index contributed by atoms with van der Waals surface area (Å²) in [6, 6.07) is 10.9. The average molecular weight is 286 g/mol. The van der Waals surface area contributed by atoms with E-state index in [1.165, 1.54) is 6.33 Å². The van der Waals surface area contributed by atoms with Crippen LogP contribution in [0.15, 0.2) is 42.7 Å². The molecule has 0 aliphatic carbocycles. The molecule has 1 aromatic carbocycles. The van der Waals surface area contributed by atoms with Crippen molar-refractivity contribution in [2.45, 2.75) is 13.0 Å². The lowest BCUT2D eigenvalue weighted by Gasteiger charge is -2.24. The van der Waals surface area contributed by atoms with Gasteiger partial charge in [-0.2, -0.15) is 0 Å². The van der Waals surface area contributed by atoms with E-state index in [2.05, 4.69) is 9.97 Å². The first-order valence-corrected chi connectivity index (χ1v) is 6.57. The predicted octanol–water partition coefficient (Wildman–Crippen LogP) is 2.15. The minimum Gasteiger partial charge on any atom is -0.480 e. The van der Waals surface area contributed by atoms with Crippen LogP contribution in [0.1, 0.15) is 6.92 Å². The van der Waals surface area contributed by atoms with Crippen LogP contribution in [0.4, 0.5) is 17.3 Å². The summed E-state index contributed by atoms with van der Waals surface area (Å²) in [5, 5.41) is 9.07. The lowest BCUT2D eigenvalue weighted by Crippen LogP contribution is -2.36. The molecule has 6 nitrogen and oxygen atoms in total. The van der Waals surface area contributed by atoms with Gasteiger partial charge >= 0.3 is 5.97 Å². The number of hydrogen-bond acceptors (Lipinski definition) is 5. The van der Waals surface area contributed by atoms with Gasteiger partial charge in [0.25, 0.3) is 0 Å². The third kappa shape index (κ3) is 3.28. The number of hydrogen-bond donors (Lipinski definition) is 1. The Balaban J connectivity index is 2.27. The van der Waals surface area contributed by atoms with Crippen LogP contribution >= 0.6 is 0 Å². The number of aliphatic carboxylic acids is 1. The number of nitrogens with zero attached hydrogens (tertiary/aromatic N) is 4. The number of carboxylic acids is 1. The molecule has 1 N–H and O–H groups in total. The Bertz CT molecular complexity index is 618. The second-order valence-electron chi connectivity index (χ2n) is 4.75. The molecule has 0 aliphatic rings. The topological polar surface area (TPSA) is 69.6 Å². The van der Waals surface area contributed by atoms with E-state index in [9.17, 15) is 4.79 Å². The first-order chi connectivity index (χ1) is 10.0. The quantitative estimate of drug-likeness (QED) is 0.908. The molecule has 0 saturated carbocycles. The summed E-state index contributed by atoms with van der Waals surface area (Å²) < 4.78 is 0. The molecule has 0 fully saturated rings. The Morgan fingerprint density at radius 1 is 1.14 bits per heavy atom. The van der Waals surface area contributed by atoms with E-state index in [1.807, 2.05) is 42.3 Å². The van der Waals surface area contributed by atoms with Crippen LogP contribution in [0, 0.1) is 0 Å². The summed E-state index contributed by atoms with van der Waals surface area (Å²) in [6.45, 7) is 1.62. The Morgan fingerprint density at radius 3 is 2.38 bits per heavy atom. The van der Waals surface area contributed by atoms with E-state index >= 15 is 0 Å². The van der Waals surface area contributed by atoms with Crippen molar-refractivity contribution in [2.24, 2.45) is 0 Å². The van der Waals surface area contributed by atoms with Gasteiger partial charge in [-0.1, -0.05) is 18.2 Å². The molecule has 1 heterocycles. The maximum Gasteiger partial charge on any atom is 0.326 e. The standard InChI is InChI=1S/C15H18N4O2/c1-11(15(20)21)18(2)13-9-14(17-10-16-13)19(3)12-7-5-4-6-8-12/h4-11H,1-3H3,(H,20,21). The molecule has 0 saturated heterocycles. The van der Waals surface area contributed by atoms with E-state index in [0.29, 0.717) is 11.6 Å². The number of aromatic nitrogens is 2. The van der Waals surface area contributed by atoms with Crippen LogP contribution in [0.5, 0.6) is 0 Å². The number of likely N-dealkylation sites (N-methyl/N-ethyl adjacent to an activating group) is 1. The van der Waals surface area contributed by atoms with Gasteiger partial charge < -0.3 is 14.9 Å². The first kappa shape index (κ1) is 14.8. The van der Waals surface area contributed by atoms with Gasteiger partial charge in [0.2, 0.25) is 0 Å². The van der Waals surface area contributed by atoms with Crippen LogP contribution in [0.3, 0.4) is 0 Å². The number of para-hydroxylation sites is 1. The summed E-state index contributed by atoms with van der Waals surface area (Å²) >= 11 is 0. The molecule has 0 radical (unpaired) electrons. The SMILES string of the molecule is CC(C(=O)O)N(C)c1cc(N(C)c2ccccc2)ncn1. The van der Waals surface area contributed by atoms with Crippen molar-refractivity contribution in [3.8, 4) is 0 Å². The normalized spacial score (nSPS) is 11.8. The molecule has 0 bridgehead atoms. The van der Waals surface area contributed by atoms with Gasteiger partial charge in [-0.3, -0.25) is 0 Å². The van der Waals surface area contributed by atoms with Gasteiger partial charge in [0.15, 0.2) is 0 Å². The van der Waals surface area contributed by atoms with Crippen LogP contribution < -0.4 is 9.80 Å². The summed E-state index contributed by atoms with van der Waals surface area (Å²) in [4.78, 5) is 23.0. The smallest absolute Gasteiger partial charge is 0.326 e. The van der Waals surface area contributed by atoms with Crippen LogP contribution in [0.25, 0.3) is 0 Å². The van der Waals surface area contributed by atoms with Gasteiger partial charge in [0.05, 0.1) is 0 Å². The van der Waals surface area contributed by atoms with E-state index in [1.54, 1.807) is 24.9 Å². The van der Waals surface area contributed by atoms with Crippen LogP contribution in [0.2, 0.25) is 0 Å². The maximum atomic E-state index is 11.1. The zero-order valence-corrected chi connectivity index (χ0v) is 12.3. The highest BCUT2D eigenvalue weighted by atomic mass is 16.4. The molecule has 0 amide bonds. The van der Waals surface area contributed by atoms with Crippen LogP contribution in [-0.2, 0) is 4.79 Å². The number of benzene rings is 1. The van der Waals surface area contributed by atoms with Crippen molar-refractivity contribution in [2.75, 3.05) is 23.9 Å². The van der Waals surface area contributed by atoms with E-state index in [4.69, 9.17) is 5.11 Å². The summed E-state index contributed by atoms with van der Waals surface area (Å²) in [7, 11) is 3.61. The van der Waals surface area contributed by atoms with Gasteiger partial charge in [-0.25, -0.2) is 14.8 Å². The summed E-state index contributed by atoms with van der Waals surface area (Å²) in [5.74, 6) is 0.377. The predicted molar refractivity (Wildman–Crippen MR) is 82.0 cm³/mol. The largest absolute Gasteiger partial charge is 0.480 e. The third-order valence-electron chi connectivity index (χ3n) is 3.43. The molecule has 2 aromatic rings. The third-order valence-corrected chi connectivity index (χ3v) is 3.43. The summed E-state index contributed by atoms with van der Waals surface area (Å²) in [5.41, 5.74) is 0.996. The number of anilines is 3. The number of carbonyl (C=O) groups is 1. The van der Waals surface area contributed by atoms with Crippen molar-refractivity contribution in [3.63, 3.8) is 0 Å². The van der Waals surface area contributed by atoms with Crippen molar-refractivity contribution in [1.82, 2.24) is 9.97 Å². The minimum absolute atomic E-state index is 0.567. The number of carboxylic acid groups (broad SMARTS) is 1. The second kappa shape index (κ2) is 6.21. The van der Waals surface area contributed by atoms with Crippen molar-refractivity contribution >= 4 is 23.3 Å².